The predicted octanol–water partition coefficient (Wildman–Crippen LogP) is 1.37. The molecule has 26 heavy (non-hydrogen) atoms. The first-order valence-electron chi connectivity index (χ1n) is 8.09. The van der Waals surface area contributed by atoms with Gasteiger partial charge in [0.2, 0.25) is 11.9 Å². The van der Waals surface area contributed by atoms with E-state index in [-0.39, 0.29) is 11.9 Å². The molecule has 5 rings (SSSR count). The molecule has 0 fully saturated rings. The predicted molar refractivity (Wildman–Crippen MR) is 96.7 cm³/mol. The molecule has 0 aliphatic carbocycles. The fourth-order valence-corrected chi connectivity index (χ4v) is 3.78. The molecule has 2 aliphatic heterocycles. The molecule has 2 aromatic carbocycles. The highest BCUT2D eigenvalue weighted by Gasteiger charge is 2.57. The number of anilines is 2. The molecule has 8 nitrogen and oxygen atoms in total. The Morgan fingerprint density at radius 2 is 1.88 bits per heavy atom. The van der Waals surface area contributed by atoms with Crippen LogP contribution in [-0.4, -0.2) is 27.3 Å². The number of fused-ring (bicyclic) bond motifs is 6. The van der Waals surface area contributed by atoms with E-state index in [1.807, 2.05) is 30.3 Å². The lowest BCUT2D eigenvalue weighted by atomic mass is 10.00. The van der Waals surface area contributed by atoms with E-state index in [0.29, 0.717) is 22.7 Å². The second kappa shape index (κ2) is 4.69. The van der Waals surface area contributed by atoms with Crippen molar-refractivity contribution in [3.05, 3.63) is 54.1 Å². The molecule has 3 aromatic rings. The van der Waals surface area contributed by atoms with Crippen LogP contribution < -0.4 is 16.0 Å². The lowest BCUT2D eigenvalue weighted by Crippen LogP contribution is -2.50. The molecule has 0 radical (unpaired) electrons. The molecule has 1 atom stereocenters. The highest BCUT2D eigenvalue weighted by molar-refractivity contribution is 6.23. The van der Waals surface area contributed by atoms with E-state index in [0.717, 1.165) is 10.4 Å². The number of nitrogens with two attached hydrogens (primary N) is 1. The molecule has 3 N–H and O–H groups in total. The van der Waals surface area contributed by atoms with E-state index in [4.69, 9.17) is 5.73 Å². The van der Waals surface area contributed by atoms with Crippen molar-refractivity contribution in [3.8, 4) is 0 Å². The number of benzene rings is 2. The van der Waals surface area contributed by atoms with Crippen molar-refractivity contribution in [1.29, 1.82) is 0 Å². The van der Waals surface area contributed by atoms with Crippen molar-refractivity contribution < 1.29 is 9.59 Å². The quantitative estimate of drug-likeness (QED) is 0.639. The Hall–Kier alpha value is -3.68. The number of aliphatic imine (C=N–C) groups is 1. The van der Waals surface area contributed by atoms with Gasteiger partial charge in [-0.15, -0.1) is 0 Å². The van der Waals surface area contributed by atoms with Crippen LogP contribution in [0.25, 0.3) is 11.0 Å². The summed E-state index contributed by atoms with van der Waals surface area (Å²) < 4.78 is 1.71. The maximum atomic E-state index is 13.5. The van der Waals surface area contributed by atoms with Crippen LogP contribution in [0.1, 0.15) is 12.5 Å². The van der Waals surface area contributed by atoms with E-state index in [2.05, 4.69) is 15.3 Å². The van der Waals surface area contributed by atoms with Crippen molar-refractivity contribution in [3.63, 3.8) is 0 Å². The Balaban J connectivity index is 1.94. The molecule has 3 heterocycles. The highest BCUT2D eigenvalue weighted by Crippen LogP contribution is 2.47. The Bertz CT molecular complexity index is 1150. The molecule has 1 unspecified atom stereocenters. The zero-order valence-electron chi connectivity index (χ0n) is 13.8. The van der Waals surface area contributed by atoms with Gasteiger partial charge in [-0.1, -0.05) is 30.3 Å². The van der Waals surface area contributed by atoms with Crippen LogP contribution in [0, 0.1) is 0 Å². The number of amides is 2. The normalized spacial score (nSPS) is 20.7. The summed E-state index contributed by atoms with van der Waals surface area (Å²) in [5.41, 5.74) is 7.02. The lowest BCUT2D eigenvalue weighted by Gasteiger charge is -2.31. The molecule has 1 spiro atoms. The van der Waals surface area contributed by atoms with Gasteiger partial charge in [-0.25, -0.2) is 14.9 Å². The minimum absolute atomic E-state index is 0.0707. The topological polar surface area (TPSA) is 106 Å². The average Bonchev–Trinajstić information content (AvgIpc) is 3.09. The number of carbonyl (C=O) groups excluding carboxylic acids is 2. The zero-order valence-corrected chi connectivity index (χ0v) is 13.8. The highest BCUT2D eigenvalue weighted by atomic mass is 16.2. The Labute approximate surface area is 147 Å². The van der Waals surface area contributed by atoms with Crippen molar-refractivity contribution in [2.45, 2.75) is 12.6 Å². The smallest absolute Gasteiger partial charge is 0.288 e. The average molecular weight is 346 g/mol. The molecule has 2 amide bonds. The summed E-state index contributed by atoms with van der Waals surface area (Å²) in [4.78, 5) is 35.9. The van der Waals surface area contributed by atoms with E-state index in [1.165, 1.54) is 6.92 Å². The van der Waals surface area contributed by atoms with Crippen LogP contribution in [0.3, 0.4) is 0 Å². The minimum Gasteiger partial charge on any atom is -0.370 e. The third kappa shape index (κ3) is 1.58. The van der Waals surface area contributed by atoms with Gasteiger partial charge in [0.1, 0.15) is 0 Å². The first-order valence-corrected chi connectivity index (χ1v) is 8.09. The molecule has 128 valence electrons. The number of carbonyl (C=O) groups is 2. The van der Waals surface area contributed by atoms with E-state index < -0.39 is 11.6 Å². The number of hydrogen-bond acceptors (Lipinski definition) is 6. The molecule has 0 bridgehead atoms. The number of guanidine groups is 1. The molecular formula is C18H14N6O2. The Morgan fingerprint density at radius 1 is 1.15 bits per heavy atom. The van der Waals surface area contributed by atoms with Gasteiger partial charge in [-0.2, -0.15) is 0 Å². The fraction of sp³-hybridized carbons (Fsp3) is 0.111. The van der Waals surface area contributed by atoms with Gasteiger partial charge in [0.15, 0.2) is 5.96 Å². The number of hydrogen-bond donors (Lipinski definition) is 2. The van der Waals surface area contributed by atoms with E-state index in [1.54, 1.807) is 22.8 Å². The minimum atomic E-state index is -1.50. The van der Waals surface area contributed by atoms with E-state index in [9.17, 15) is 9.59 Å². The van der Waals surface area contributed by atoms with Crippen LogP contribution in [0.4, 0.5) is 11.6 Å². The van der Waals surface area contributed by atoms with Crippen molar-refractivity contribution in [2.24, 2.45) is 10.7 Å². The Morgan fingerprint density at radius 3 is 2.69 bits per heavy atom. The second-order valence-corrected chi connectivity index (χ2v) is 6.23. The van der Waals surface area contributed by atoms with Gasteiger partial charge in [0.05, 0.1) is 16.7 Å². The summed E-state index contributed by atoms with van der Waals surface area (Å²) >= 11 is 0. The number of nitrogens with zero attached hydrogens (tertiary/aromatic N) is 4. The third-order valence-electron chi connectivity index (χ3n) is 4.74. The largest absolute Gasteiger partial charge is 0.370 e. The summed E-state index contributed by atoms with van der Waals surface area (Å²) in [6, 6.07) is 14.5. The van der Waals surface area contributed by atoms with Crippen LogP contribution >= 0.6 is 0 Å². The number of imidazole rings is 1. The standard InChI is InChI=1S/C18H14N6O2/c1-10(25)23-13-8-4-2-6-11(13)18(15(23)26)22-16(19)21-17-20-12-7-3-5-9-14(12)24(17)18/h2-9H,1H3,(H3,19,20,21,22). The molecule has 8 heteroatoms. The van der Waals surface area contributed by atoms with Crippen molar-refractivity contribution in [2.75, 3.05) is 10.2 Å². The summed E-state index contributed by atoms with van der Waals surface area (Å²) in [5.74, 6) is -0.369. The summed E-state index contributed by atoms with van der Waals surface area (Å²) in [6.07, 6.45) is 0. The molecule has 2 aliphatic rings. The van der Waals surface area contributed by atoms with Crippen LogP contribution in [0.2, 0.25) is 0 Å². The number of nitrogens with one attached hydrogen (secondary N) is 1. The summed E-state index contributed by atoms with van der Waals surface area (Å²) in [6.45, 7) is 1.36. The van der Waals surface area contributed by atoms with Crippen LogP contribution in [0.15, 0.2) is 53.5 Å². The van der Waals surface area contributed by atoms with Gasteiger partial charge in [-0.3, -0.25) is 19.5 Å². The number of imide groups is 1. The number of aromatic nitrogens is 2. The number of para-hydroxylation sites is 3. The monoisotopic (exact) mass is 346 g/mol. The number of rotatable bonds is 0. The first kappa shape index (κ1) is 14.6. The second-order valence-electron chi connectivity index (χ2n) is 6.23. The lowest BCUT2D eigenvalue weighted by molar-refractivity contribution is -0.128. The third-order valence-corrected chi connectivity index (χ3v) is 4.74. The first-order chi connectivity index (χ1) is 12.5. The van der Waals surface area contributed by atoms with Crippen LogP contribution in [-0.2, 0) is 15.3 Å². The van der Waals surface area contributed by atoms with E-state index >= 15 is 0 Å². The van der Waals surface area contributed by atoms with Gasteiger partial charge in [0, 0.05) is 12.5 Å². The van der Waals surface area contributed by atoms with Crippen LogP contribution in [0.5, 0.6) is 0 Å². The zero-order chi connectivity index (χ0) is 18.1. The van der Waals surface area contributed by atoms with Crippen molar-refractivity contribution in [1.82, 2.24) is 9.55 Å². The summed E-state index contributed by atoms with van der Waals surface area (Å²) in [7, 11) is 0. The van der Waals surface area contributed by atoms with Gasteiger partial charge in [0.25, 0.3) is 11.6 Å². The van der Waals surface area contributed by atoms with Crippen molar-refractivity contribution >= 4 is 40.4 Å². The van der Waals surface area contributed by atoms with Gasteiger partial charge >= 0.3 is 0 Å². The molecule has 0 saturated carbocycles. The maximum Gasteiger partial charge on any atom is 0.288 e. The molecular weight excluding hydrogens is 332 g/mol. The summed E-state index contributed by atoms with van der Waals surface area (Å²) in [5, 5.41) is 2.92. The fourth-order valence-electron chi connectivity index (χ4n) is 3.78. The molecule has 0 saturated heterocycles. The van der Waals surface area contributed by atoms with Gasteiger partial charge < -0.3 is 5.73 Å². The maximum absolute atomic E-state index is 13.5. The molecule has 1 aromatic heterocycles. The Kier molecular flexibility index (Phi) is 2.64. The van der Waals surface area contributed by atoms with Gasteiger partial charge in [-0.05, 0) is 18.2 Å². The SMILES string of the molecule is CC(=O)N1C(=O)C2(N=C(N)Nc3nc4ccccc4n32)c2ccccc21.